The van der Waals surface area contributed by atoms with Crippen molar-refractivity contribution in [1.29, 1.82) is 0 Å². The Balaban J connectivity index is 0.00000201. The van der Waals surface area contributed by atoms with E-state index >= 15 is 0 Å². The van der Waals surface area contributed by atoms with E-state index in [1.807, 2.05) is 91.5 Å². The van der Waals surface area contributed by atoms with E-state index in [0.717, 1.165) is 39.3 Å². The fraction of sp³-hybridized carbons (Fsp3) is 0.176. The largest absolute Gasteiger partial charge is 2.00 e. The quantitative estimate of drug-likeness (QED) is 0.134. The molecule has 12 heteroatoms. The first-order valence-electron chi connectivity index (χ1n) is 13.8. The van der Waals surface area contributed by atoms with Gasteiger partial charge in [0, 0.05) is 38.3 Å². The Morgan fingerprint density at radius 3 is 1.07 bits per heavy atom. The molecule has 0 heterocycles. The van der Waals surface area contributed by atoms with Crippen molar-refractivity contribution < 1.29 is 45.9 Å². The van der Waals surface area contributed by atoms with Gasteiger partial charge in [0.25, 0.3) is 0 Å². The molecule has 0 unspecified atom stereocenters. The van der Waals surface area contributed by atoms with Gasteiger partial charge in [-0.2, -0.15) is 5.16 Å². The fourth-order valence-electron chi connectivity index (χ4n) is 3.49. The van der Waals surface area contributed by atoms with Crippen LogP contribution < -0.4 is 18.6 Å². The van der Waals surface area contributed by atoms with Crippen molar-refractivity contribution in [2.75, 3.05) is 39.3 Å². The predicted molar refractivity (Wildman–Crippen MR) is 179 cm³/mol. The number of aliphatic imine (C=N–C) groups is 3. The molecule has 0 fully saturated rings. The first kappa shape index (κ1) is 42.3. The van der Waals surface area contributed by atoms with Crippen molar-refractivity contribution in [2.45, 2.75) is 0 Å². The van der Waals surface area contributed by atoms with Crippen LogP contribution in [-0.4, -0.2) is 68.0 Å². The summed E-state index contributed by atoms with van der Waals surface area (Å²) in [6, 6.07) is 30.8. The van der Waals surface area contributed by atoms with Crippen LogP contribution in [0.3, 0.4) is 0 Å². The van der Waals surface area contributed by atoms with Crippen molar-refractivity contribution in [2.24, 2.45) is 15.0 Å². The summed E-state index contributed by atoms with van der Waals surface area (Å²) >= 11 is 3.70. The Hall–Kier alpha value is -3.70. The second kappa shape index (κ2) is 28.8. The third-order valence-corrected chi connectivity index (χ3v) is 5.48. The molecule has 0 amide bonds. The van der Waals surface area contributed by atoms with Crippen LogP contribution in [-0.2, 0) is 17.1 Å². The normalized spacial score (nSPS) is 11.6. The third kappa shape index (κ3) is 27.8. The average Bonchev–Trinajstić information content (AvgIpc) is 3.03. The molecule has 245 valence electrons. The van der Waals surface area contributed by atoms with Crippen LogP contribution in [0.25, 0.3) is 23.6 Å². The first-order chi connectivity index (χ1) is 21.8. The molecule has 0 atom stereocenters. The molecule has 46 heavy (non-hydrogen) atoms. The number of hydrogen-bond donors (Lipinski definition) is 0. The van der Waals surface area contributed by atoms with E-state index in [4.69, 9.17) is 24.0 Å². The molecular weight excluding hydrogens is 673 g/mol. The minimum Gasteiger partial charge on any atom is -0.753 e. The predicted octanol–water partition coefficient (Wildman–Crippen LogP) is 2.54. The molecule has 0 aliphatic heterocycles. The van der Waals surface area contributed by atoms with Crippen molar-refractivity contribution >= 4 is 54.3 Å². The Morgan fingerprint density at radius 1 is 0.587 bits per heavy atom. The molecule has 0 aliphatic rings. The van der Waals surface area contributed by atoms with E-state index in [0.29, 0.717) is 0 Å². The van der Waals surface area contributed by atoms with Gasteiger partial charge >= 0.3 is 17.1 Å². The number of hydrogen-bond acceptors (Lipinski definition) is 9. The van der Waals surface area contributed by atoms with E-state index in [1.54, 1.807) is 0 Å². The Kier molecular flexibility index (Phi) is 26.4. The minimum absolute atomic E-state index is 0. The van der Waals surface area contributed by atoms with Gasteiger partial charge in [0.2, 0.25) is 0 Å². The Morgan fingerprint density at radius 2 is 0.826 bits per heavy atom. The van der Waals surface area contributed by atoms with Crippen LogP contribution >= 0.6 is 12.2 Å². The zero-order chi connectivity index (χ0) is 32.9. The van der Waals surface area contributed by atoms with Gasteiger partial charge in [-0.1, -0.05) is 121 Å². The maximum absolute atomic E-state index is 8.49. The summed E-state index contributed by atoms with van der Waals surface area (Å²) in [5.41, 5.74) is 3.52. The van der Waals surface area contributed by atoms with Crippen LogP contribution in [0.2, 0.25) is 0 Å². The number of allylic oxidation sites excluding steroid dienone is 3. The molecule has 0 spiro atoms. The molecule has 0 aromatic heterocycles. The van der Waals surface area contributed by atoms with Gasteiger partial charge in [0.05, 0.1) is 19.6 Å². The topological polar surface area (TPSA) is 155 Å². The molecule has 3 aromatic carbocycles. The van der Waals surface area contributed by atoms with Crippen LogP contribution in [0.15, 0.2) is 124 Å². The molecule has 0 saturated heterocycles. The van der Waals surface area contributed by atoms with Crippen molar-refractivity contribution in [3.63, 3.8) is 0 Å². The molecular formula is C34H36ClCuN5O4S. The average molecular weight is 710 g/mol. The van der Waals surface area contributed by atoms with E-state index in [1.165, 1.54) is 21.9 Å². The zero-order valence-corrected chi connectivity index (χ0v) is 27.6. The standard InChI is InChI=1S/C33H36N4.CNS.ClHO4.Cu/c1-4-13-31(14-5-1)19-10-22-34-25-28-37(29-26-35-23-11-20-32-15-6-2-7-16-32)30-27-36-24-12-21-33-17-8-3-9-18-33;2-1-3;2-1(3,4)5;/h1-24H,25-30H2;;(H,2,3,4,5);/q;-1;;+2/p-1/b19-10+,20-11+,21-12+,34-22?,35-23?,36-24?;;;. The molecule has 0 saturated carbocycles. The van der Waals surface area contributed by atoms with Crippen molar-refractivity contribution in [3.8, 4) is 0 Å². The van der Waals surface area contributed by atoms with E-state index in [9.17, 15) is 0 Å². The van der Waals surface area contributed by atoms with Gasteiger partial charge in [-0.3, -0.25) is 19.9 Å². The van der Waals surface area contributed by atoms with E-state index < -0.39 is 10.2 Å². The molecule has 3 rings (SSSR count). The first-order valence-corrected chi connectivity index (χ1v) is 15.5. The summed E-state index contributed by atoms with van der Waals surface area (Å²) in [7, 11) is -4.94. The SMILES string of the molecule is C(/C=C/c1ccccc1)=NCCN(CCN=C/C=C/c1ccccc1)CCN=C/C=C/c1ccccc1.[Cu+2].[N-]=C=S.[O-][Cl+3]([O-])([O-])[O-]. The number of nitrogens with zero attached hydrogens (tertiary/aromatic N) is 5. The van der Waals surface area contributed by atoms with Gasteiger partial charge in [0.15, 0.2) is 0 Å². The number of halogens is 1. The zero-order valence-electron chi connectivity index (χ0n) is 25.1. The summed E-state index contributed by atoms with van der Waals surface area (Å²) in [5.74, 6) is 0. The molecule has 1 radical (unpaired) electrons. The number of thiocarbonyl (C=S) groups is 1. The Labute approximate surface area is 289 Å². The summed E-state index contributed by atoms with van der Waals surface area (Å²) in [6.45, 7) is 4.86. The molecule has 0 aliphatic carbocycles. The van der Waals surface area contributed by atoms with Gasteiger partial charge in [0.1, 0.15) is 0 Å². The van der Waals surface area contributed by atoms with Crippen molar-refractivity contribution in [3.05, 3.63) is 131 Å². The van der Waals surface area contributed by atoms with E-state index in [2.05, 4.69) is 86.7 Å². The summed E-state index contributed by atoms with van der Waals surface area (Å²) in [5, 5.41) is 8.47. The number of benzene rings is 3. The summed E-state index contributed by atoms with van der Waals surface area (Å²) in [6.07, 6.45) is 17.8. The molecule has 9 nitrogen and oxygen atoms in total. The van der Waals surface area contributed by atoms with Gasteiger partial charge in [-0.25, -0.2) is 18.6 Å². The summed E-state index contributed by atoms with van der Waals surface area (Å²) in [4.78, 5) is 16.0. The van der Waals surface area contributed by atoms with Gasteiger partial charge in [-0.15, -0.1) is 10.2 Å². The van der Waals surface area contributed by atoms with Crippen LogP contribution in [0.1, 0.15) is 16.7 Å². The summed E-state index contributed by atoms with van der Waals surface area (Å²) < 4.78 is 34.0. The monoisotopic (exact) mass is 708 g/mol. The minimum atomic E-state index is -4.94. The number of rotatable bonds is 15. The smallest absolute Gasteiger partial charge is 0.753 e. The van der Waals surface area contributed by atoms with E-state index in [-0.39, 0.29) is 17.1 Å². The second-order valence-electron chi connectivity index (χ2n) is 8.79. The van der Waals surface area contributed by atoms with Crippen LogP contribution in [0.5, 0.6) is 0 Å². The van der Waals surface area contributed by atoms with Gasteiger partial charge < -0.3 is 5.41 Å². The van der Waals surface area contributed by atoms with Crippen LogP contribution in [0, 0.1) is 10.2 Å². The fourth-order valence-corrected chi connectivity index (χ4v) is 3.49. The second-order valence-corrected chi connectivity index (χ2v) is 9.72. The maximum atomic E-state index is 8.49. The molecule has 0 bridgehead atoms. The van der Waals surface area contributed by atoms with Gasteiger partial charge in [-0.05, 0) is 34.9 Å². The van der Waals surface area contributed by atoms with Crippen molar-refractivity contribution in [1.82, 2.24) is 4.90 Å². The third-order valence-electron chi connectivity index (χ3n) is 5.48. The maximum Gasteiger partial charge on any atom is 2.00 e. The number of isothiocyanates is 1. The molecule has 0 N–H and O–H groups in total. The Bertz CT molecular complexity index is 1220. The molecule has 3 aromatic rings. The van der Waals surface area contributed by atoms with Crippen LogP contribution in [0.4, 0.5) is 0 Å².